The Hall–Kier alpha value is -0.530. The van der Waals surface area contributed by atoms with Crippen LogP contribution in [0.4, 0.5) is 0 Å². The van der Waals surface area contributed by atoms with Crippen molar-refractivity contribution in [3.8, 4) is 0 Å². The van der Waals surface area contributed by atoms with E-state index in [2.05, 4.69) is 15.9 Å². The average Bonchev–Trinajstić information content (AvgIpc) is 2.62. The maximum atomic E-state index is 11.5. The molecule has 0 aliphatic carbocycles. The molecule has 1 rings (SSSR count). The second kappa shape index (κ2) is 6.08. The van der Waals surface area contributed by atoms with Gasteiger partial charge in [-0.05, 0) is 40.2 Å². The monoisotopic (exact) mass is 352 g/mol. The number of thiophene rings is 1. The smallest absolute Gasteiger partial charge is 0.320 e. The SMILES string of the molecule is CC(CC(=O)O)C(C)(Sc1sccc1Br)C(=O)O. The summed E-state index contributed by atoms with van der Waals surface area (Å²) in [5.41, 5.74) is 0. The molecule has 0 fully saturated rings. The van der Waals surface area contributed by atoms with E-state index in [1.165, 1.54) is 23.1 Å². The fourth-order valence-corrected chi connectivity index (χ4v) is 4.50. The van der Waals surface area contributed by atoms with Crippen molar-refractivity contribution in [2.24, 2.45) is 5.92 Å². The highest BCUT2D eigenvalue weighted by Crippen LogP contribution is 2.45. The molecule has 0 amide bonds. The number of aliphatic carboxylic acids is 2. The van der Waals surface area contributed by atoms with Crippen LogP contribution in [0.25, 0.3) is 0 Å². The second-order valence-electron chi connectivity index (χ2n) is 4.07. The number of rotatable bonds is 6. The molecule has 1 aromatic rings. The predicted molar refractivity (Wildman–Crippen MR) is 75.3 cm³/mol. The lowest BCUT2D eigenvalue weighted by atomic mass is 9.92. The van der Waals surface area contributed by atoms with Crippen LogP contribution in [0.3, 0.4) is 0 Å². The lowest BCUT2D eigenvalue weighted by Gasteiger charge is -2.29. The van der Waals surface area contributed by atoms with Crippen molar-refractivity contribution >= 4 is 51.0 Å². The van der Waals surface area contributed by atoms with E-state index in [1.807, 2.05) is 11.4 Å². The zero-order valence-corrected chi connectivity index (χ0v) is 13.1. The molecule has 18 heavy (non-hydrogen) atoms. The molecule has 0 radical (unpaired) electrons. The molecule has 0 aliphatic rings. The molecule has 0 bridgehead atoms. The van der Waals surface area contributed by atoms with Gasteiger partial charge in [-0.25, -0.2) is 0 Å². The first-order valence-electron chi connectivity index (χ1n) is 5.14. The van der Waals surface area contributed by atoms with Crippen molar-refractivity contribution in [1.29, 1.82) is 0 Å². The van der Waals surface area contributed by atoms with Crippen LogP contribution in [0.1, 0.15) is 20.3 Å². The highest BCUT2D eigenvalue weighted by atomic mass is 79.9. The molecule has 1 aromatic heterocycles. The Morgan fingerprint density at radius 1 is 1.56 bits per heavy atom. The van der Waals surface area contributed by atoms with Gasteiger partial charge in [0, 0.05) is 10.9 Å². The van der Waals surface area contributed by atoms with Crippen LogP contribution in [-0.2, 0) is 9.59 Å². The van der Waals surface area contributed by atoms with Gasteiger partial charge in [0.1, 0.15) is 4.75 Å². The van der Waals surface area contributed by atoms with Gasteiger partial charge in [0.15, 0.2) is 0 Å². The van der Waals surface area contributed by atoms with Crippen molar-refractivity contribution in [2.75, 3.05) is 0 Å². The third-order valence-corrected chi connectivity index (χ3v) is 6.57. The number of carboxylic acid groups (broad SMARTS) is 2. The Kier molecular flexibility index (Phi) is 5.24. The van der Waals surface area contributed by atoms with Gasteiger partial charge in [-0.15, -0.1) is 11.3 Å². The number of hydrogen-bond acceptors (Lipinski definition) is 4. The highest BCUT2D eigenvalue weighted by Gasteiger charge is 2.41. The van der Waals surface area contributed by atoms with Crippen LogP contribution in [-0.4, -0.2) is 26.9 Å². The third-order valence-electron chi connectivity index (χ3n) is 2.74. The van der Waals surface area contributed by atoms with Crippen LogP contribution < -0.4 is 0 Å². The minimum Gasteiger partial charge on any atom is -0.481 e. The Labute approximate surface area is 122 Å². The van der Waals surface area contributed by atoms with E-state index in [-0.39, 0.29) is 6.42 Å². The van der Waals surface area contributed by atoms with E-state index in [1.54, 1.807) is 13.8 Å². The zero-order chi connectivity index (χ0) is 13.9. The van der Waals surface area contributed by atoms with Gasteiger partial charge in [-0.2, -0.15) is 0 Å². The van der Waals surface area contributed by atoms with Crippen LogP contribution >= 0.6 is 39.0 Å². The third kappa shape index (κ3) is 3.49. The summed E-state index contributed by atoms with van der Waals surface area (Å²) < 4.78 is 0.524. The molecule has 2 N–H and O–H groups in total. The molecule has 0 saturated heterocycles. The lowest BCUT2D eigenvalue weighted by molar-refractivity contribution is -0.142. The lowest BCUT2D eigenvalue weighted by Crippen LogP contribution is -2.39. The van der Waals surface area contributed by atoms with Crippen LogP contribution in [0, 0.1) is 5.92 Å². The number of hydrogen-bond donors (Lipinski definition) is 2. The molecule has 2 unspecified atom stereocenters. The Morgan fingerprint density at radius 3 is 2.56 bits per heavy atom. The molecule has 0 aromatic carbocycles. The highest BCUT2D eigenvalue weighted by molar-refractivity contribution is 9.10. The van der Waals surface area contributed by atoms with Gasteiger partial charge in [0.2, 0.25) is 0 Å². The van der Waals surface area contributed by atoms with Crippen LogP contribution in [0.5, 0.6) is 0 Å². The first-order valence-corrected chi connectivity index (χ1v) is 7.63. The topological polar surface area (TPSA) is 74.6 Å². The Morgan fingerprint density at radius 2 is 2.17 bits per heavy atom. The van der Waals surface area contributed by atoms with E-state index in [9.17, 15) is 14.7 Å². The molecule has 0 aliphatic heterocycles. The predicted octanol–water partition coefficient (Wildman–Crippen LogP) is 3.56. The largest absolute Gasteiger partial charge is 0.481 e. The van der Waals surface area contributed by atoms with E-state index in [0.29, 0.717) is 0 Å². The van der Waals surface area contributed by atoms with Gasteiger partial charge < -0.3 is 10.2 Å². The second-order valence-corrected chi connectivity index (χ2v) is 7.56. The van der Waals surface area contributed by atoms with Crippen molar-refractivity contribution in [3.63, 3.8) is 0 Å². The van der Waals surface area contributed by atoms with E-state index < -0.39 is 22.6 Å². The molecule has 0 saturated carbocycles. The molecule has 100 valence electrons. The van der Waals surface area contributed by atoms with Crippen molar-refractivity contribution < 1.29 is 19.8 Å². The van der Waals surface area contributed by atoms with Crippen LogP contribution in [0.15, 0.2) is 20.1 Å². The summed E-state index contributed by atoms with van der Waals surface area (Å²) in [5, 5.41) is 20.0. The average molecular weight is 353 g/mol. The number of carboxylic acids is 2. The number of carbonyl (C=O) groups is 2. The van der Waals surface area contributed by atoms with Crippen molar-refractivity contribution in [1.82, 2.24) is 0 Å². The molecule has 1 heterocycles. The molecule has 2 atom stereocenters. The summed E-state index contributed by atoms with van der Waals surface area (Å²) in [6, 6.07) is 1.84. The normalized spacial score (nSPS) is 15.9. The summed E-state index contributed by atoms with van der Waals surface area (Å²) in [4.78, 5) is 22.2. The number of thioether (sulfide) groups is 1. The van der Waals surface area contributed by atoms with Gasteiger partial charge in [-0.1, -0.05) is 18.7 Å². The van der Waals surface area contributed by atoms with Crippen molar-refractivity contribution in [3.05, 3.63) is 15.9 Å². The fraction of sp³-hybridized carbons (Fsp3) is 0.455. The quantitative estimate of drug-likeness (QED) is 0.765. The van der Waals surface area contributed by atoms with Gasteiger partial charge in [-0.3, -0.25) is 9.59 Å². The number of halogens is 1. The molecular weight excluding hydrogens is 340 g/mol. The fourth-order valence-electron chi connectivity index (χ4n) is 1.36. The maximum absolute atomic E-state index is 11.5. The van der Waals surface area contributed by atoms with Gasteiger partial charge >= 0.3 is 11.9 Å². The van der Waals surface area contributed by atoms with Crippen LogP contribution in [0.2, 0.25) is 0 Å². The van der Waals surface area contributed by atoms with E-state index >= 15 is 0 Å². The summed E-state index contributed by atoms with van der Waals surface area (Å²) in [6.07, 6.45) is -0.168. The minimum atomic E-state index is -1.16. The summed E-state index contributed by atoms with van der Waals surface area (Å²) in [6.45, 7) is 3.22. The molecule has 7 heteroatoms. The van der Waals surface area contributed by atoms with E-state index in [4.69, 9.17) is 5.11 Å². The molecule has 0 spiro atoms. The first-order chi connectivity index (χ1) is 8.27. The summed E-state index contributed by atoms with van der Waals surface area (Å²) in [5.74, 6) is -2.46. The van der Waals surface area contributed by atoms with Gasteiger partial charge in [0.25, 0.3) is 0 Å². The standard InChI is InChI=1S/C11H13BrO4S2/c1-6(5-8(13)14)11(2,10(15)16)18-9-7(12)3-4-17-9/h3-4,6H,5H2,1-2H3,(H,13,14)(H,15,16). The molecule has 4 nitrogen and oxygen atoms in total. The minimum absolute atomic E-state index is 0.168. The summed E-state index contributed by atoms with van der Waals surface area (Å²) >= 11 is 5.98. The maximum Gasteiger partial charge on any atom is 0.320 e. The molecular formula is C11H13BrO4S2. The zero-order valence-electron chi connectivity index (χ0n) is 9.84. The summed E-state index contributed by atoms with van der Waals surface area (Å²) in [7, 11) is 0. The van der Waals surface area contributed by atoms with E-state index in [0.717, 1.165) is 8.68 Å². The van der Waals surface area contributed by atoms with Gasteiger partial charge in [0.05, 0.1) is 4.21 Å². The first kappa shape index (κ1) is 15.5. The van der Waals surface area contributed by atoms with Crippen molar-refractivity contribution in [2.45, 2.75) is 29.2 Å². The Balaban J connectivity index is 2.97. The Bertz CT molecular complexity index is 460.